The molecule has 1 aliphatic heterocycles. The van der Waals surface area contributed by atoms with E-state index in [1.807, 2.05) is 36.5 Å². The van der Waals surface area contributed by atoms with Gasteiger partial charge in [-0.3, -0.25) is 32.5 Å². The molecule has 7 atom stereocenters. The first kappa shape index (κ1) is 57.8. The Bertz CT molecular complexity index is 2190. The van der Waals surface area contributed by atoms with E-state index in [2.05, 4.69) is 53.5 Å². The number of imidazole rings is 1. The van der Waals surface area contributed by atoms with Crippen LogP contribution in [0.5, 0.6) is 0 Å². The number of nitrogens with two attached hydrogens (primary N) is 1. The Labute approximate surface area is 392 Å². The van der Waals surface area contributed by atoms with Gasteiger partial charge in [0.1, 0.15) is 36.3 Å². The number of aliphatic hydroxyl groups excluding tert-OH is 2. The van der Waals surface area contributed by atoms with Crippen LogP contribution in [0.2, 0.25) is 0 Å². The first-order valence-electron chi connectivity index (χ1n) is 21.3. The largest absolute Gasteiger partial charge is 0.481 e. The van der Waals surface area contributed by atoms with Crippen molar-refractivity contribution in [1.29, 1.82) is 0 Å². The molecule has 1 aliphatic rings. The summed E-state index contributed by atoms with van der Waals surface area (Å²) in [5, 5.41) is 26.6. The summed E-state index contributed by atoms with van der Waals surface area (Å²) in [5.41, 5.74) is 4.27. The number of carbonyl (C=O) groups excluding carboxylic acids is 3. The molecule has 0 saturated carbocycles. The molecule has 24 nitrogen and oxygen atoms in total. The first-order chi connectivity index (χ1) is 31.6. The number of carbonyl (C=O) groups is 3. The molecule has 376 valence electrons. The Balaban J connectivity index is 1.32. The molecular formula is C39H62N7O17P3S. The van der Waals surface area contributed by atoms with Crippen LogP contribution >= 0.6 is 35.2 Å². The van der Waals surface area contributed by atoms with E-state index in [4.69, 9.17) is 19.5 Å². The third-order valence-electron chi connectivity index (χ3n) is 9.58. The minimum Gasteiger partial charge on any atom is -0.386 e. The van der Waals surface area contributed by atoms with Crippen LogP contribution in [-0.4, -0.2) is 123 Å². The minimum absolute atomic E-state index is 0.0308. The molecule has 0 radical (unpaired) electrons. The van der Waals surface area contributed by atoms with Crippen molar-refractivity contribution in [2.45, 2.75) is 109 Å². The van der Waals surface area contributed by atoms with Crippen LogP contribution in [0.1, 0.15) is 84.8 Å². The van der Waals surface area contributed by atoms with Gasteiger partial charge in [0.25, 0.3) is 0 Å². The van der Waals surface area contributed by atoms with E-state index in [0.717, 1.165) is 73.9 Å². The molecule has 67 heavy (non-hydrogen) atoms. The second-order valence-electron chi connectivity index (χ2n) is 15.6. The molecule has 28 heteroatoms. The summed E-state index contributed by atoms with van der Waals surface area (Å²) < 4.78 is 62.4. The summed E-state index contributed by atoms with van der Waals surface area (Å²) in [5.74, 6) is -1.06. The van der Waals surface area contributed by atoms with Crippen molar-refractivity contribution in [2.24, 2.45) is 5.41 Å². The predicted octanol–water partition coefficient (Wildman–Crippen LogP) is 4.03. The maximum absolute atomic E-state index is 12.7. The van der Waals surface area contributed by atoms with E-state index < -0.39 is 84.6 Å². The fourth-order valence-electron chi connectivity index (χ4n) is 6.08. The molecule has 10 N–H and O–H groups in total. The topological polar surface area (TPSA) is 364 Å². The number of ether oxygens (including phenoxy) is 1. The van der Waals surface area contributed by atoms with Crippen molar-refractivity contribution >= 4 is 69.1 Å². The molecule has 2 unspecified atom stereocenters. The van der Waals surface area contributed by atoms with Gasteiger partial charge < -0.3 is 50.9 Å². The van der Waals surface area contributed by atoms with Crippen molar-refractivity contribution in [3.05, 3.63) is 61.3 Å². The zero-order chi connectivity index (χ0) is 49.7. The van der Waals surface area contributed by atoms with Gasteiger partial charge in [-0.15, -0.1) is 0 Å². The Morgan fingerprint density at radius 3 is 2.27 bits per heavy atom. The van der Waals surface area contributed by atoms with E-state index in [0.29, 0.717) is 12.2 Å². The molecule has 0 spiro atoms. The molecular weight excluding hydrogens is 963 g/mol. The van der Waals surface area contributed by atoms with Gasteiger partial charge in [-0.05, 0) is 25.7 Å². The molecule has 1 fully saturated rings. The van der Waals surface area contributed by atoms with Crippen LogP contribution in [0.4, 0.5) is 5.82 Å². The second kappa shape index (κ2) is 28.3. The highest BCUT2D eigenvalue weighted by Gasteiger charge is 2.50. The number of aliphatic hydroxyl groups is 2. The molecule has 0 aromatic carbocycles. The smallest absolute Gasteiger partial charge is 0.386 e. The molecule has 2 aromatic heterocycles. The lowest BCUT2D eigenvalue weighted by Crippen LogP contribution is -2.46. The molecule has 0 bridgehead atoms. The van der Waals surface area contributed by atoms with Crippen molar-refractivity contribution in [2.75, 3.05) is 37.8 Å². The van der Waals surface area contributed by atoms with E-state index in [1.54, 1.807) is 0 Å². The molecule has 2 aromatic rings. The van der Waals surface area contributed by atoms with Gasteiger partial charge in [0.05, 0.1) is 19.5 Å². The van der Waals surface area contributed by atoms with Crippen molar-refractivity contribution in [3.8, 4) is 0 Å². The van der Waals surface area contributed by atoms with Crippen molar-refractivity contribution < 1.29 is 80.5 Å². The second-order valence-corrected chi connectivity index (χ2v) is 21.0. The average Bonchev–Trinajstić information content (AvgIpc) is 3.81. The van der Waals surface area contributed by atoms with Gasteiger partial charge in [0, 0.05) is 37.1 Å². The van der Waals surface area contributed by atoms with Crippen LogP contribution in [0.15, 0.2) is 61.3 Å². The van der Waals surface area contributed by atoms with Crippen LogP contribution in [0, 0.1) is 5.41 Å². The van der Waals surface area contributed by atoms with E-state index in [9.17, 15) is 57.9 Å². The summed E-state index contributed by atoms with van der Waals surface area (Å²) >= 11 is 1.13. The summed E-state index contributed by atoms with van der Waals surface area (Å²) in [6.45, 7) is 2.62. The van der Waals surface area contributed by atoms with Crippen LogP contribution in [0.25, 0.3) is 11.2 Å². The number of thioether (sulfide) groups is 1. The Morgan fingerprint density at radius 1 is 0.910 bits per heavy atom. The number of amides is 2. The lowest BCUT2D eigenvalue weighted by Gasteiger charge is -2.30. The van der Waals surface area contributed by atoms with Gasteiger partial charge in [-0.1, -0.05) is 100 Å². The van der Waals surface area contributed by atoms with E-state index >= 15 is 0 Å². The SMILES string of the molecule is CC/C=C/C=C/C=C/C=C/CCCCCCCC(=O)SCCNC(=O)CCNC(=O)[C@H](O)C(C)(C)COP(=O)(O)OP(=O)(O)OC[C@H]1O[C@@H](n2cnc3c(N)ncnc32)[C@H](O)[C@@H]1OP(=O)(O)O. The Morgan fingerprint density at radius 2 is 1.57 bits per heavy atom. The van der Waals surface area contributed by atoms with Gasteiger partial charge in [0.15, 0.2) is 22.8 Å². The number of phosphoric acid groups is 3. The van der Waals surface area contributed by atoms with Crippen LogP contribution in [0.3, 0.4) is 0 Å². The fourth-order valence-corrected chi connectivity index (χ4v) is 9.62. The van der Waals surface area contributed by atoms with Crippen LogP contribution in [-0.2, 0) is 50.7 Å². The number of hydrogen-bond donors (Lipinski definition) is 9. The van der Waals surface area contributed by atoms with E-state index in [1.165, 1.54) is 13.8 Å². The number of phosphoric ester groups is 3. The number of aromatic nitrogens is 4. The summed E-state index contributed by atoms with van der Waals surface area (Å²) in [6, 6.07) is 0. The summed E-state index contributed by atoms with van der Waals surface area (Å²) in [7, 11) is -16.4. The van der Waals surface area contributed by atoms with Crippen molar-refractivity contribution in [1.82, 2.24) is 30.2 Å². The molecule has 2 amide bonds. The highest BCUT2D eigenvalue weighted by Crippen LogP contribution is 2.61. The standard InChI is InChI=1S/C39H62N7O17P3S/c1-4-5-6-7-8-9-10-11-12-13-14-15-16-17-18-19-30(48)67-23-22-41-29(47)20-21-42-37(51)34(50)39(2,3)25-60-66(57,58)63-65(55,56)59-24-28-33(62-64(52,53)54)32(49)38(61-28)46-27-45-31-35(40)43-26-44-36(31)46/h5-12,26-28,32-34,38,49-50H,4,13-25H2,1-3H3,(H,41,47)(H,42,51)(H,55,56)(H,57,58)(H2,40,43,44)(H2,52,53,54)/b6-5+,8-7+,10-9+,12-11+/t28-,32-,33-,34+,38-/m1/s1. The number of fused-ring (bicyclic) bond motifs is 1. The summed E-state index contributed by atoms with van der Waals surface area (Å²) in [4.78, 5) is 88.3. The maximum Gasteiger partial charge on any atom is 0.481 e. The van der Waals surface area contributed by atoms with Gasteiger partial charge in [0.2, 0.25) is 11.8 Å². The number of nitrogens with zero attached hydrogens (tertiary/aromatic N) is 4. The van der Waals surface area contributed by atoms with Crippen LogP contribution < -0.4 is 16.4 Å². The highest BCUT2D eigenvalue weighted by atomic mass is 32.2. The fraction of sp³-hybridized carbons (Fsp3) is 0.590. The molecule has 3 rings (SSSR count). The average molecular weight is 1030 g/mol. The van der Waals surface area contributed by atoms with Gasteiger partial charge in [-0.25, -0.2) is 28.6 Å². The van der Waals surface area contributed by atoms with Gasteiger partial charge in [-0.2, -0.15) is 4.31 Å². The number of anilines is 1. The number of rotatable bonds is 31. The lowest BCUT2D eigenvalue weighted by atomic mass is 9.87. The highest BCUT2D eigenvalue weighted by molar-refractivity contribution is 8.13. The third-order valence-corrected chi connectivity index (χ3v) is 13.6. The minimum atomic E-state index is -5.58. The number of hydrogen-bond acceptors (Lipinski definition) is 18. The number of allylic oxidation sites excluding steroid dienone is 8. The summed E-state index contributed by atoms with van der Waals surface area (Å²) in [6.07, 6.45) is 16.8. The molecule has 1 saturated heterocycles. The number of nitrogen functional groups attached to an aromatic ring is 1. The normalized spacial score (nSPS) is 20.6. The van der Waals surface area contributed by atoms with E-state index in [-0.39, 0.29) is 41.6 Å². The quantitative estimate of drug-likeness (QED) is 0.0292. The monoisotopic (exact) mass is 1030 g/mol. The molecule has 3 heterocycles. The first-order valence-corrected chi connectivity index (χ1v) is 26.8. The Hall–Kier alpha value is -3.48. The van der Waals surface area contributed by atoms with Gasteiger partial charge >= 0.3 is 23.5 Å². The zero-order valence-electron chi connectivity index (χ0n) is 37.3. The maximum atomic E-state index is 12.7. The third kappa shape index (κ3) is 21.4. The Kier molecular flexibility index (Phi) is 24.4. The van der Waals surface area contributed by atoms with Crippen molar-refractivity contribution in [3.63, 3.8) is 0 Å². The number of unbranched alkanes of at least 4 members (excludes halogenated alkanes) is 5. The lowest BCUT2D eigenvalue weighted by molar-refractivity contribution is -0.137. The molecule has 0 aliphatic carbocycles. The zero-order valence-corrected chi connectivity index (χ0v) is 40.8. The number of nitrogens with one attached hydrogen (secondary N) is 2. The predicted molar refractivity (Wildman–Crippen MR) is 246 cm³/mol.